The molecule has 1 unspecified atom stereocenters. The van der Waals surface area contributed by atoms with E-state index in [1.165, 1.54) is 6.20 Å². The van der Waals surface area contributed by atoms with Crippen LogP contribution >= 0.6 is 18.7 Å². The molecule has 1 atom stereocenters. The number of rotatable bonds is 12. The Morgan fingerprint density at radius 3 is 2.49 bits per heavy atom. The molecular weight excluding hydrogens is 813 g/mol. The number of carbonyl (C=O) groups is 2. The summed E-state index contributed by atoms with van der Waals surface area (Å²) >= 11 is 6.49. The zero-order valence-corrected chi connectivity index (χ0v) is 36.3. The number of benzene rings is 3. The number of halogens is 1. The summed E-state index contributed by atoms with van der Waals surface area (Å²) in [6.07, 6.45) is 8.64. The molecule has 3 fully saturated rings. The van der Waals surface area contributed by atoms with Gasteiger partial charge in [0, 0.05) is 87.4 Å². The number of amides is 2. The maximum atomic E-state index is 12.9. The highest BCUT2D eigenvalue weighted by molar-refractivity contribution is 7.70. The standard InChI is InChI=1S/C45H51ClN9O5P/c1-60-40-26-32(13-14-36(40)49-45-47-27-35(46)43(51-45)48-37-11-4-5-12-41(37)61(2,3)59)53-20-17-31(18-21-53)54-24-22-52(23-25-54)19-7-9-30-8-6-10-33-34(30)28-55(39(33)29-56)38-15-16-42(57)50-44(38)58/h4-14,26-27,31,38H,15-25,28H2,1-3H3,(H,50,57,58)(H2,47,48,49,51)/b9-7+. The molecule has 0 saturated carbocycles. The first-order valence-electron chi connectivity index (χ1n) is 20.7. The van der Waals surface area contributed by atoms with E-state index in [1.54, 1.807) is 25.3 Å². The molecule has 3 N–H and O–H groups in total. The van der Waals surface area contributed by atoms with E-state index in [4.69, 9.17) is 16.3 Å². The zero-order chi connectivity index (χ0) is 42.7. The molecule has 8 rings (SSSR count). The van der Waals surface area contributed by atoms with Crippen LogP contribution in [-0.2, 0) is 25.5 Å². The van der Waals surface area contributed by atoms with Crippen molar-refractivity contribution >= 4 is 82.4 Å². The monoisotopic (exact) mass is 863 g/mol. The molecule has 318 valence electrons. The fourth-order valence-corrected chi connectivity index (χ4v) is 10.1. The molecule has 5 heterocycles. The SMILES string of the molecule is COc1cc(N2CCC(N3CCN(C/C=C/c4cccc5c4CN(C4CCC(=O)NC4=O)C5=C=O)CC3)CC2)ccc1Nc1ncc(Cl)c(Nc2ccccc2P(C)(C)=O)n1. The normalized spacial score (nSPS) is 19.2. The molecule has 4 aliphatic heterocycles. The Hall–Kier alpha value is -5.49. The number of nitrogens with zero attached hydrogens (tertiary/aromatic N) is 6. The number of piperidine rings is 2. The fraction of sp³-hybridized carbons (Fsp3) is 0.378. The number of ether oxygens (including phenoxy) is 1. The van der Waals surface area contributed by atoms with Gasteiger partial charge in [-0.15, -0.1) is 0 Å². The molecule has 1 aromatic heterocycles. The van der Waals surface area contributed by atoms with Crippen LogP contribution in [0.15, 0.2) is 72.9 Å². The quantitative estimate of drug-likeness (QED) is 0.0873. The van der Waals surface area contributed by atoms with E-state index < -0.39 is 13.2 Å². The summed E-state index contributed by atoms with van der Waals surface area (Å²) in [6, 6.07) is 19.4. The van der Waals surface area contributed by atoms with E-state index in [2.05, 4.69) is 70.8 Å². The lowest BCUT2D eigenvalue weighted by atomic mass is 10.0. The molecular formula is C45H51ClN9O5P. The average Bonchev–Trinajstić information content (AvgIpc) is 3.64. The average molecular weight is 864 g/mol. The van der Waals surface area contributed by atoms with Gasteiger partial charge >= 0.3 is 0 Å². The van der Waals surface area contributed by atoms with Crippen molar-refractivity contribution in [1.29, 1.82) is 0 Å². The smallest absolute Gasteiger partial charge is 0.249 e. The molecule has 0 aliphatic carbocycles. The third-order valence-corrected chi connectivity index (χ3v) is 13.9. The molecule has 16 heteroatoms. The summed E-state index contributed by atoms with van der Waals surface area (Å²) in [6.45, 7) is 10.7. The van der Waals surface area contributed by atoms with Gasteiger partial charge in [-0.1, -0.05) is 54.1 Å². The Labute approximate surface area is 361 Å². The first-order chi connectivity index (χ1) is 29.5. The van der Waals surface area contributed by atoms with Crippen LogP contribution in [0.5, 0.6) is 5.75 Å². The number of anilines is 5. The summed E-state index contributed by atoms with van der Waals surface area (Å²) < 4.78 is 18.7. The van der Waals surface area contributed by atoms with E-state index in [0.717, 1.165) is 92.0 Å². The van der Waals surface area contributed by atoms with Crippen molar-refractivity contribution in [2.24, 2.45) is 0 Å². The predicted molar refractivity (Wildman–Crippen MR) is 242 cm³/mol. The van der Waals surface area contributed by atoms with E-state index in [9.17, 15) is 18.9 Å². The van der Waals surface area contributed by atoms with E-state index in [1.807, 2.05) is 48.5 Å². The van der Waals surface area contributed by atoms with Gasteiger partial charge in [-0.2, -0.15) is 4.98 Å². The van der Waals surface area contributed by atoms with Crippen LogP contribution in [0.1, 0.15) is 42.4 Å². The fourth-order valence-electron chi connectivity index (χ4n) is 8.84. The number of imide groups is 1. The highest BCUT2D eigenvalue weighted by Crippen LogP contribution is 2.40. The van der Waals surface area contributed by atoms with Crippen LogP contribution in [0.4, 0.5) is 28.8 Å². The van der Waals surface area contributed by atoms with Gasteiger partial charge in [-0.05, 0) is 68.0 Å². The summed E-state index contributed by atoms with van der Waals surface area (Å²) in [4.78, 5) is 54.8. The molecule has 3 aromatic carbocycles. The molecule has 0 radical (unpaired) electrons. The molecule has 14 nitrogen and oxygen atoms in total. The van der Waals surface area contributed by atoms with Crippen LogP contribution < -0.4 is 30.9 Å². The van der Waals surface area contributed by atoms with Crippen molar-refractivity contribution < 1.29 is 23.7 Å². The lowest BCUT2D eigenvalue weighted by Crippen LogP contribution is -2.53. The van der Waals surface area contributed by atoms with Crippen LogP contribution in [0.3, 0.4) is 0 Å². The van der Waals surface area contributed by atoms with Crippen molar-refractivity contribution in [1.82, 2.24) is 30.0 Å². The number of carbonyl (C=O) groups excluding carboxylic acids is 3. The van der Waals surface area contributed by atoms with E-state index in [-0.39, 0.29) is 18.2 Å². The number of hydrogen-bond donors (Lipinski definition) is 3. The maximum absolute atomic E-state index is 12.9. The van der Waals surface area contributed by atoms with Crippen molar-refractivity contribution in [2.75, 3.05) is 81.8 Å². The van der Waals surface area contributed by atoms with Crippen LogP contribution in [-0.4, -0.2) is 121 Å². The third kappa shape index (κ3) is 9.39. The lowest BCUT2D eigenvalue weighted by Gasteiger charge is -2.43. The number of hydrogen-bond acceptors (Lipinski definition) is 13. The molecule has 3 saturated heterocycles. The van der Waals surface area contributed by atoms with Crippen molar-refractivity contribution in [2.45, 2.75) is 44.3 Å². The first-order valence-corrected chi connectivity index (χ1v) is 23.7. The van der Waals surface area contributed by atoms with Gasteiger partial charge in [-0.25, -0.2) is 9.78 Å². The minimum atomic E-state index is -2.55. The zero-order valence-electron chi connectivity index (χ0n) is 34.7. The predicted octanol–water partition coefficient (Wildman–Crippen LogP) is 5.97. The van der Waals surface area contributed by atoms with Crippen LogP contribution in [0.25, 0.3) is 11.8 Å². The van der Waals surface area contributed by atoms with E-state index in [0.29, 0.717) is 52.9 Å². The molecule has 0 spiro atoms. The first kappa shape index (κ1) is 42.2. The molecule has 61 heavy (non-hydrogen) atoms. The summed E-state index contributed by atoms with van der Waals surface area (Å²) in [7, 11) is -0.896. The molecule has 2 amide bonds. The van der Waals surface area contributed by atoms with Crippen LogP contribution in [0, 0.1) is 0 Å². The van der Waals surface area contributed by atoms with Gasteiger partial charge in [0.25, 0.3) is 0 Å². The van der Waals surface area contributed by atoms with Crippen molar-refractivity contribution in [3.05, 3.63) is 94.6 Å². The van der Waals surface area contributed by atoms with Gasteiger partial charge in [0.05, 0.1) is 24.7 Å². The number of para-hydroxylation sites is 1. The summed E-state index contributed by atoms with van der Waals surface area (Å²) in [5, 5.41) is 10.0. The summed E-state index contributed by atoms with van der Waals surface area (Å²) in [5.41, 5.74) is 5.72. The van der Waals surface area contributed by atoms with Crippen molar-refractivity contribution in [3.8, 4) is 5.75 Å². The number of piperazine rings is 1. The topological polar surface area (TPSA) is 152 Å². The maximum Gasteiger partial charge on any atom is 0.249 e. The van der Waals surface area contributed by atoms with E-state index >= 15 is 0 Å². The Morgan fingerprint density at radius 1 is 0.967 bits per heavy atom. The van der Waals surface area contributed by atoms with Gasteiger partial charge in [0.15, 0.2) is 11.8 Å². The Morgan fingerprint density at radius 2 is 1.75 bits per heavy atom. The van der Waals surface area contributed by atoms with Crippen molar-refractivity contribution in [3.63, 3.8) is 0 Å². The molecule has 4 aliphatic rings. The Kier molecular flexibility index (Phi) is 12.6. The largest absolute Gasteiger partial charge is 0.494 e. The third-order valence-electron chi connectivity index (χ3n) is 12.1. The minimum absolute atomic E-state index is 0.255. The number of aromatic nitrogens is 2. The highest BCUT2D eigenvalue weighted by atomic mass is 35.5. The van der Waals surface area contributed by atoms with Gasteiger partial charge < -0.3 is 29.7 Å². The second-order valence-electron chi connectivity index (χ2n) is 16.3. The number of methoxy groups -OCH3 is 1. The second-order valence-corrected chi connectivity index (χ2v) is 19.9. The second kappa shape index (κ2) is 18.2. The molecule has 4 aromatic rings. The Balaban J connectivity index is 0.821. The summed E-state index contributed by atoms with van der Waals surface area (Å²) in [5.74, 6) is 2.85. The Bertz CT molecular complexity index is 2440. The van der Waals surface area contributed by atoms with Crippen LogP contribution in [0.2, 0.25) is 5.02 Å². The van der Waals surface area contributed by atoms with Gasteiger partial charge in [-0.3, -0.25) is 24.7 Å². The minimum Gasteiger partial charge on any atom is -0.494 e. The molecule has 0 bridgehead atoms. The highest BCUT2D eigenvalue weighted by Gasteiger charge is 2.38. The number of nitrogens with one attached hydrogen (secondary N) is 3. The van der Waals surface area contributed by atoms with Gasteiger partial charge in [0.1, 0.15) is 29.7 Å². The number of fused-ring (bicyclic) bond motifs is 1. The lowest BCUT2D eigenvalue weighted by molar-refractivity contribution is -0.136. The van der Waals surface area contributed by atoms with Gasteiger partial charge in [0.2, 0.25) is 17.8 Å².